The Balaban J connectivity index is 1.52. The smallest absolute Gasteiger partial charge is 0.338 e. The second-order valence-corrected chi connectivity index (χ2v) is 10.5. The number of aromatic hydroxyl groups is 1. The van der Waals surface area contributed by atoms with Crippen LogP contribution in [0.15, 0.2) is 59.5 Å². The average Bonchev–Trinajstić information content (AvgIpc) is 2.83. The molecule has 0 aliphatic carbocycles. The van der Waals surface area contributed by atoms with Crippen LogP contribution in [0.5, 0.6) is 11.5 Å². The molecule has 0 aliphatic rings. The van der Waals surface area contributed by atoms with E-state index in [9.17, 15) is 23.4 Å². The number of phenolic OH excluding ortho intramolecular Hbond substituents is 1. The molecule has 5 N–H and O–H groups in total. The predicted octanol–water partition coefficient (Wildman–Crippen LogP) is 3.23. The summed E-state index contributed by atoms with van der Waals surface area (Å²) >= 11 is 0. The summed E-state index contributed by atoms with van der Waals surface area (Å²) < 4.78 is 34.6. The third-order valence-electron chi connectivity index (χ3n) is 5.73. The lowest BCUT2D eigenvalue weighted by molar-refractivity contribution is 0.0526. The van der Waals surface area contributed by atoms with Gasteiger partial charge in [0.2, 0.25) is 0 Å². The first-order valence-electron chi connectivity index (χ1n) is 11.7. The maximum atomic E-state index is 11.9. The number of hydrogen-bond acceptors (Lipinski definition) is 9. The van der Waals surface area contributed by atoms with Crippen molar-refractivity contribution >= 4 is 21.5 Å². The van der Waals surface area contributed by atoms with E-state index in [2.05, 4.69) is 5.32 Å². The Morgan fingerprint density at radius 2 is 1.81 bits per heavy atom. The highest BCUT2D eigenvalue weighted by molar-refractivity contribution is 7.91. The lowest BCUT2D eigenvalue weighted by atomic mass is 9.98. The van der Waals surface area contributed by atoms with Crippen molar-refractivity contribution in [2.75, 3.05) is 38.3 Å². The number of aliphatic hydroxyl groups excluding tert-OH is 1. The fourth-order valence-electron chi connectivity index (χ4n) is 3.93. The van der Waals surface area contributed by atoms with Gasteiger partial charge in [0.05, 0.1) is 24.0 Å². The number of anilines is 1. The van der Waals surface area contributed by atoms with Crippen molar-refractivity contribution in [1.82, 2.24) is 5.32 Å². The van der Waals surface area contributed by atoms with Crippen molar-refractivity contribution in [1.29, 1.82) is 0 Å². The zero-order chi connectivity index (χ0) is 27.2. The molecule has 0 radical (unpaired) electrons. The molecule has 0 saturated heterocycles. The maximum absolute atomic E-state index is 11.9. The predicted molar refractivity (Wildman–Crippen MR) is 142 cm³/mol. The molecule has 0 aromatic heterocycles. The number of rotatable bonds is 11. The molecule has 37 heavy (non-hydrogen) atoms. The van der Waals surface area contributed by atoms with Crippen LogP contribution in [0, 0.1) is 6.92 Å². The summed E-state index contributed by atoms with van der Waals surface area (Å²) in [6.45, 7) is 4.91. The lowest BCUT2D eigenvalue weighted by Crippen LogP contribution is -2.26. The van der Waals surface area contributed by atoms with Crippen molar-refractivity contribution in [2.45, 2.75) is 24.8 Å². The molecule has 0 amide bonds. The SMILES string of the molecule is CCOC(=O)c1ccc(-c2ccc(OCCNC[C@H](O)c3ccc(O)c(S(C)(=O)=O)c3N)cc2)c(C)c1. The minimum atomic E-state index is -3.76. The van der Waals surface area contributed by atoms with Crippen LogP contribution in [0.4, 0.5) is 5.69 Å². The number of esters is 1. The van der Waals surface area contributed by atoms with Gasteiger partial charge in [-0.1, -0.05) is 24.3 Å². The molecule has 0 bridgehead atoms. The van der Waals surface area contributed by atoms with Gasteiger partial charge in [-0.3, -0.25) is 0 Å². The van der Waals surface area contributed by atoms with Crippen LogP contribution in [-0.2, 0) is 14.6 Å². The van der Waals surface area contributed by atoms with Gasteiger partial charge in [-0.05, 0) is 60.9 Å². The van der Waals surface area contributed by atoms with E-state index in [0.717, 1.165) is 22.9 Å². The van der Waals surface area contributed by atoms with Crippen molar-refractivity contribution in [3.05, 3.63) is 71.3 Å². The number of aryl methyl sites for hydroxylation is 1. The fraction of sp³-hybridized carbons (Fsp3) is 0.296. The van der Waals surface area contributed by atoms with Crippen molar-refractivity contribution < 1.29 is 32.9 Å². The molecule has 9 nitrogen and oxygen atoms in total. The second kappa shape index (κ2) is 12.1. The zero-order valence-electron chi connectivity index (χ0n) is 21.0. The van der Waals surface area contributed by atoms with Crippen LogP contribution in [0.3, 0.4) is 0 Å². The molecule has 0 aliphatic heterocycles. The Morgan fingerprint density at radius 3 is 2.43 bits per heavy atom. The van der Waals surface area contributed by atoms with Gasteiger partial charge in [0.15, 0.2) is 9.84 Å². The number of nitrogens with one attached hydrogen (secondary N) is 1. The van der Waals surface area contributed by atoms with Crippen LogP contribution in [0.1, 0.15) is 34.5 Å². The minimum Gasteiger partial charge on any atom is -0.507 e. The molecule has 0 spiro atoms. The number of carbonyl (C=O) groups is 1. The van der Waals surface area contributed by atoms with E-state index in [-0.39, 0.29) is 28.7 Å². The van der Waals surface area contributed by atoms with E-state index in [4.69, 9.17) is 15.2 Å². The molecule has 3 rings (SSSR count). The molecule has 0 saturated carbocycles. The molecule has 0 unspecified atom stereocenters. The number of carbonyl (C=O) groups excluding carboxylic acids is 1. The molecular weight excluding hydrogens is 496 g/mol. The van der Waals surface area contributed by atoms with E-state index in [1.54, 1.807) is 13.0 Å². The number of ether oxygens (including phenoxy) is 2. The molecule has 0 heterocycles. The van der Waals surface area contributed by atoms with E-state index in [1.807, 2.05) is 43.3 Å². The number of aliphatic hydroxyl groups is 1. The van der Waals surface area contributed by atoms with E-state index in [1.165, 1.54) is 12.1 Å². The highest BCUT2D eigenvalue weighted by Gasteiger charge is 2.22. The molecule has 10 heteroatoms. The van der Waals surface area contributed by atoms with Gasteiger partial charge in [0.25, 0.3) is 0 Å². The summed E-state index contributed by atoms with van der Waals surface area (Å²) in [5.74, 6) is -0.119. The minimum absolute atomic E-state index is 0.113. The van der Waals surface area contributed by atoms with Gasteiger partial charge in [-0.25, -0.2) is 13.2 Å². The van der Waals surface area contributed by atoms with E-state index in [0.29, 0.717) is 31.1 Å². The van der Waals surface area contributed by atoms with Crippen LogP contribution in [0.2, 0.25) is 0 Å². The van der Waals surface area contributed by atoms with E-state index < -0.39 is 21.7 Å². The number of benzene rings is 3. The molecule has 3 aromatic rings. The van der Waals surface area contributed by atoms with Gasteiger partial charge in [0, 0.05) is 24.9 Å². The highest BCUT2D eigenvalue weighted by atomic mass is 32.2. The summed E-state index contributed by atoms with van der Waals surface area (Å²) in [4.78, 5) is 11.5. The number of sulfone groups is 1. The van der Waals surface area contributed by atoms with Gasteiger partial charge in [0.1, 0.15) is 23.0 Å². The number of nitrogens with two attached hydrogens (primary N) is 1. The topological polar surface area (TPSA) is 148 Å². The Labute approximate surface area is 216 Å². The summed E-state index contributed by atoms with van der Waals surface area (Å²) in [5.41, 5.74) is 9.42. The fourth-order valence-corrected chi connectivity index (χ4v) is 4.90. The van der Waals surface area contributed by atoms with Crippen LogP contribution < -0.4 is 15.8 Å². The molecular formula is C27H32N2O7S. The standard InChI is InChI=1S/C27H32N2O7S/c1-4-35-27(32)19-7-10-21(17(2)15-19)18-5-8-20(9-6-18)36-14-13-29-16-24(31)22-11-12-23(30)26(25(22)28)37(3,33)34/h5-12,15,24,29-31H,4,13-14,16,28H2,1-3H3/t24-/m0/s1. The second-order valence-electron chi connectivity index (χ2n) is 8.53. The van der Waals surface area contributed by atoms with Crippen molar-refractivity contribution in [2.24, 2.45) is 0 Å². The summed E-state index contributed by atoms with van der Waals surface area (Å²) in [6.07, 6.45) is -0.126. The number of nitrogen functional groups attached to an aromatic ring is 1. The number of hydrogen-bond donors (Lipinski definition) is 4. The largest absolute Gasteiger partial charge is 0.507 e. The van der Waals surface area contributed by atoms with Crippen LogP contribution >= 0.6 is 0 Å². The Kier molecular flexibility index (Phi) is 9.14. The summed E-state index contributed by atoms with van der Waals surface area (Å²) in [6, 6.07) is 15.6. The van der Waals surface area contributed by atoms with Crippen molar-refractivity contribution in [3.63, 3.8) is 0 Å². The summed E-state index contributed by atoms with van der Waals surface area (Å²) in [5, 5.41) is 23.3. The zero-order valence-corrected chi connectivity index (χ0v) is 21.8. The first-order chi connectivity index (χ1) is 17.5. The Bertz CT molecular complexity index is 1360. The summed E-state index contributed by atoms with van der Waals surface area (Å²) in [7, 11) is -3.76. The number of phenols is 1. The first kappa shape index (κ1) is 28.0. The molecule has 0 fully saturated rings. The lowest BCUT2D eigenvalue weighted by Gasteiger charge is -2.17. The highest BCUT2D eigenvalue weighted by Crippen LogP contribution is 2.34. The average molecular weight is 529 g/mol. The Morgan fingerprint density at radius 1 is 1.11 bits per heavy atom. The molecule has 198 valence electrons. The van der Waals surface area contributed by atoms with Gasteiger partial charge < -0.3 is 30.7 Å². The molecule has 3 aromatic carbocycles. The van der Waals surface area contributed by atoms with Crippen LogP contribution in [0.25, 0.3) is 11.1 Å². The quantitative estimate of drug-likeness (QED) is 0.167. The van der Waals surface area contributed by atoms with Gasteiger partial charge >= 0.3 is 5.97 Å². The Hall–Kier alpha value is -3.60. The third kappa shape index (κ3) is 7.00. The van der Waals surface area contributed by atoms with Crippen LogP contribution in [-0.4, -0.2) is 57.2 Å². The molecule has 1 atom stereocenters. The van der Waals surface area contributed by atoms with Crippen molar-refractivity contribution in [3.8, 4) is 22.6 Å². The third-order valence-corrected chi connectivity index (χ3v) is 6.90. The monoisotopic (exact) mass is 528 g/mol. The maximum Gasteiger partial charge on any atom is 0.338 e. The van der Waals surface area contributed by atoms with E-state index >= 15 is 0 Å². The van der Waals surface area contributed by atoms with Gasteiger partial charge in [-0.2, -0.15) is 0 Å². The normalized spacial score (nSPS) is 12.2. The first-order valence-corrected chi connectivity index (χ1v) is 13.6. The van der Waals surface area contributed by atoms with Gasteiger partial charge in [-0.15, -0.1) is 0 Å².